The molecule has 0 aromatic heterocycles. The van der Waals surface area contributed by atoms with Crippen molar-refractivity contribution in [2.45, 2.75) is 50.9 Å². The van der Waals surface area contributed by atoms with Crippen molar-refractivity contribution in [1.82, 2.24) is 10.2 Å². The summed E-state index contributed by atoms with van der Waals surface area (Å²) in [5.41, 5.74) is 0.117. The summed E-state index contributed by atoms with van der Waals surface area (Å²) in [6.45, 7) is 9.38. The van der Waals surface area contributed by atoms with Crippen LogP contribution in [-0.2, 0) is 9.47 Å². The Kier molecular flexibility index (Phi) is 5.01. The van der Waals surface area contributed by atoms with E-state index in [4.69, 9.17) is 9.47 Å². The number of rotatable bonds is 6. The first-order chi connectivity index (χ1) is 8.65. The Balaban J connectivity index is 1.67. The Hall–Kier alpha value is -0.160. The van der Waals surface area contributed by atoms with E-state index in [-0.39, 0.29) is 5.60 Å². The van der Waals surface area contributed by atoms with Crippen LogP contribution in [-0.4, -0.2) is 62.5 Å². The number of methoxy groups -OCH3 is 1. The molecule has 2 aliphatic rings. The van der Waals surface area contributed by atoms with Gasteiger partial charge in [-0.05, 0) is 33.1 Å². The van der Waals surface area contributed by atoms with Gasteiger partial charge in [-0.1, -0.05) is 0 Å². The predicted octanol–water partition coefficient (Wildman–Crippen LogP) is 1.25. The maximum atomic E-state index is 5.81. The van der Waals surface area contributed by atoms with Gasteiger partial charge in [0.15, 0.2) is 0 Å². The van der Waals surface area contributed by atoms with Gasteiger partial charge in [0.2, 0.25) is 0 Å². The lowest BCUT2D eigenvalue weighted by atomic mass is 9.80. The topological polar surface area (TPSA) is 33.7 Å². The summed E-state index contributed by atoms with van der Waals surface area (Å²) in [6, 6.07) is 0.619. The Morgan fingerprint density at radius 3 is 2.78 bits per heavy atom. The second-order valence-electron chi connectivity index (χ2n) is 5.95. The molecule has 1 saturated heterocycles. The van der Waals surface area contributed by atoms with Crippen molar-refractivity contribution in [2.24, 2.45) is 0 Å². The maximum absolute atomic E-state index is 5.81. The van der Waals surface area contributed by atoms with Gasteiger partial charge < -0.3 is 14.8 Å². The summed E-state index contributed by atoms with van der Waals surface area (Å²) >= 11 is 0. The normalized spacial score (nSPS) is 28.3. The molecule has 4 nitrogen and oxygen atoms in total. The molecule has 0 aromatic carbocycles. The summed E-state index contributed by atoms with van der Waals surface area (Å²) in [5, 5.41) is 3.53. The third-order valence-electron chi connectivity index (χ3n) is 4.42. The number of morpholine rings is 1. The fraction of sp³-hybridized carbons (Fsp3) is 1.00. The molecule has 4 heteroatoms. The molecule has 1 N–H and O–H groups in total. The third-order valence-corrected chi connectivity index (χ3v) is 4.42. The van der Waals surface area contributed by atoms with Crippen molar-refractivity contribution in [2.75, 3.05) is 39.9 Å². The lowest BCUT2D eigenvalue weighted by Gasteiger charge is -2.41. The maximum Gasteiger partial charge on any atom is 0.0826 e. The van der Waals surface area contributed by atoms with Gasteiger partial charge in [0, 0.05) is 39.3 Å². The van der Waals surface area contributed by atoms with Crippen LogP contribution < -0.4 is 5.32 Å². The van der Waals surface area contributed by atoms with Crippen molar-refractivity contribution < 1.29 is 9.47 Å². The van der Waals surface area contributed by atoms with Gasteiger partial charge in [0.25, 0.3) is 0 Å². The fourth-order valence-electron chi connectivity index (χ4n) is 2.82. The van der Waals surface area contributed by atoms with Gasteiger partial charge in [-0.3, -0.25) is 4.90 Å². The molecule has 0 amide bonds. The van der Waals surface area contributed by atoms with E-state index in [0.717, 1.165) is 32.8 Å². The molecule has 2 rings (SSSR count). The van der Waals surface area contributed by atoms with E-state index in [2.05, 4.69) is 24.1 Å². The lowest BCUT2D eigenvalue weighted by molar-refractivity contribution is -0.0753. The smallest absolute Gasteiger partial charge is 0.0826 e. The highest BCUT2D eigenvalue weighted by Gasteiger charge is 2.36. The first-order valence-electron chi connectivity index (χ1n) is 7.27. The first-order valence-corrected chi connectivity index (χ1v) is 7.27. The van der Waals surface area contributed by atoms with Crippen molar-refractivity contribution in [3.05, 3.63) is 0 Å². The van der Waals surface area contributed by atoms with E-state index in [1.165, 1.54) is 19.3 Å². The highest BCUT2D eigenvalue weighted by atomic mass is 16.5. The minimum Gasteiger partial charge on any atom is -0.377 e. The Labute approximate surface area is 111 Å². The molecule has 1 saturated carbocycles. The van der Waals surface area contributed by atoms with E-state index >= 15 is 0 Å². The Morgan fingerprint density at radius 2 is 2.22 bits per heavy atom. The molecule has 0 bridgehead atoms. The van der Waals surface area contributed by atoms with Crippen molar-refractivity contribution in [3.8, 4) is 0 Å². The van der Waals surface area contributed by atoms with Crippen molar-refractivity contribution in [3.63, 3.8) is 0 Å². The zero-order valence-corrected chi connectivity index (χ0v) is 12.1. The number of hydrogen-bond acceptors (Lipinski definition) is 4. The molecule has 1 unspecified atom stereocenters. The second-order valence-corrected chi connectivity index (χ2v) is 5.95. The summed E-state index contributed by atoms with van der Waals surface area (Å²) in [4.78, 5) is 2.49. The van der Waals surface area contributed by atoms with Gasteiger partial charge >= 0.3 is 0 Å². The van der Waals surface area contributed by atoms with Crippen molar-refractivity contribution in [1.29, 1.82) is 0 Å². The van der Waals surface area contributed by atoms with Crippen LogP contribution >= 0.6 is 0 Å². The minimum absolute atomic E-state index is 0.117. The van der Waals surface area contributed by atoms with E-state index < -0.39 is 0 Å². The highest BCUT2D eigenvalue weighted by molar-refractivity contribution is 4.91. The highest BCUT2D eigenvalue weighted by Crippen LogP contribution is 2.34. The number of nitrogens with one attached hydrogen (secondary N) is 1. The van der Waals surface area contributed by atoms with Crippen molar-refractivity contribution >= 4 is 0 Å². The summed E-state index contributed by atoms with van der Waals surface area (Å²) in [5.74, 6) is 0. The summed E-state index contributed by atoms with van der Waals surface area (Å²) < 4.78 is 11.4. The van der Waals surface area contributed by atoms with Gasteiger partial charge in [0.1, 0.15) is 0 Å². The molecule has 2 fully saturated rings. The minimum atomic E-state index is 0.117. The van der Waals surface area contributed by atoms with E-state index in [0.29, 0.717) is 12.1 Å². The monoisotopic (exact) mass is 256 g/mol. The number of nitrogens with zero attached hydrogens (tertiary/aromatic N) is 1. The van der Waals surface area contributed by atoms with Crippen LogP contribution in [0.2, 0.25) is 0 Å². The SMILES string of the molecule is COC1(CNCC2CN(C(C)C)CCO2)CCC1. The molecule has 0 radical (unpaired) electrons. The molecule has 1 aliphatic carbocycles. The fourth-order valence-corrected chi connectivity index (χ4v) is 2.82. The number of hydrogen-bond donors (Lipinski definition) is 1. The molecule has 106 valence electrons. The van der Waals surface area contributed by atoms with Crippen LogP contribution in [0.1, 0.15) is 33.1 Å². The zero-order valence-electron chi connectivity index (χ0n) is 12.1. The van der Waals surface area contributed by atoms with Crippen LogP contribution in [0.25, 0.3) is 0 Å². The van der Waals surface area contributed by atoms with Crippen LogP contribution in [0.3, 0.4) is 0 Å². The molecule has 18 heavy (non-hydrogen) atoms. The Bertz CT molecular complexity index is 249. The van der Waals surface area contributed by atoms with E-state index in [9.17, 15) is 0 Å². The Morgan fingerprint density at radius 1 is 1.44 bits per heavy atom. The van der Waals surface area contributed by atoms with Crippen LogP contribution in [0.5, 0.6) is 0 Å². The first kappa shape index (κ1) is 14.3. The molecular formula is C14H28N2O2. The van der Waals surface area contributed by atoms with E-state index in [1.54, 1.807) is 0 Å². The quantitative estimate of drug-likeness (QED) is 0.775. The van der Waals surface area contributed by atoms with E-state index in [1.807, 2.05) is 7.11 Å². The van der Waals surface area contributed by atoms with Crippen LogP contribution in [0.4, 0.5) is 0 Å². The third kappa shape index (κ3) is 3.44. The average Bonchev–Trinajstić information content (AvgIpc) is 2.33. The van der Waals surface area contributed by atoms with Crippen LogP contribution in [0.15, 0.2) is 0 Å². The van der Waals surface area contributed by atoms with Gasteiger partial charge in [-0.15, -0.1) is 0 Å². The molecule has 0 aromatic rings. The average molecular weight is 256 g/mol. The van der Waals surface area contributed by atoms with Gasteiger partial charge in [0.05, 0.1) is 18.3 Å². The molecule has 1 heterocycles. The molecular weight excluding hydrogens is 228 g/mol. The number of ether oxygens (including phenoxy) is 2. The molecule has 0 spiro atoms. The standard InChI is InChI=1S/C14H28N2O2/c1-12(2)16-7-8-18-13(10-16)9-15-11-14(17-3)5-4-6-14/h12-13,15H,4-11H2,1-3H3. The summed E-state index contributed by atoms with van der Waals surface area (Å²) in [7, 11) is 1.83. The molecule has 1 atom stereocenters. The van der Waals surface area contributed by atoms with Gasteiger partial charge in [-0.2, -0.15) is 0 Å². The molecule has 1 aliphatic heterocycles. The largest absolute Gasteiger partial charge is 0.377 e. The second kappa shape index (κ2) is 6.33. The van der Waals surface area contributed by atoms with Crippen LogP contribution in [0, 0.1) is 0 Å². The summed E-state index contributed by atoms with van der Waals surface area (Å²) in [6.07, 6.45) is 4.02. The van der Waals surface area contributed by atoms with Gasteiger partial charge in [-0.25, -0.2) is 0 Å². The predicted molar refractivity (Wildman–Crippen MR) is 72.9 cm³/mol. The lowest BCUT2D eigenvalue weighted by Crippen LogP contribution is -2.52. The zero-order chi connectivity index (χ0) is 13.0.